The molecule has 0 saturated carbocycles. The molecule has 5 nitrogen and oxygen atoms in total. The highest BCUT2D eigenvalue weighted by atomic mass is 32.2. The Morgan fingerprint density at radius 1 is 1.53 bits per heavy atom. The number of urea groups is 1. The van der Waals surface area contributed by atoms with Gasteiger partial charge in [-0.25, -0.2) is 9.59 Å². The summed E-state index contributed by atoms with van der Waals surface area (Å²) >= 11 is 1.66. The Hall–Kier alpha value is -0.910. The number of hydrogen-bond acceptors (Lipinski definition) is 3. The quantitative estimate of drug-likeness (QED) is 0.830. The van der Waals surface area contributed by atoms with Crippen LogP contribution in [0.4, 0.5) is 4.79 Å². The van der Waals surface area contributed by atoms with Crippen molar-refractivity contribution in [1.29, 1.82) is 0 Å². The van der Waals surface area contributed by atoms with Gasteiger partial charge in [-0.3, -0.25) is 0 Å². The fourth-order valence-electron chi connectivity index (χ4n) is 2.66. The largest absolute Gasteiger partial charge is 0.480 e. The average molecular weight is 288 g/mol. The summed E-state index contributed by atoms with van der Waals surface area (Å²) in [5.41, 5.74) is -0.385. The summed E-state index contributed by atoms with van der Waals surface area (Å²) in [6, 6.07) is -0.966. The number of likely N-dealkylation sites (tertiary alicyclic amines) is 1. The summed E-state index contributed by atoms with van der Waals surface area (Å²) in [7, 11) is 0. The van der Waals surface area contributed by atoms with E-state index in [1.165, 1.54) is 4.90 Å². The van der Waals surface area contributed by atoms with Crippen LogP contribution in [0.1, 0.15) is 33.6 Å². The first-order valence-electron chi connectivity index (χ1n) is 6.58. The topological polar surface area (TPSA) is 69.6 Å². The van der Waals surface area contributed by atoms with Gasteiger partial charge in [0, 0.05) is 18.3 Å². The molecule has 2 amide bonds. The predicted octanol–water partition coefficient (Wildman–Crippen LogP) is 2.02. The lowest BCUT2D eigenvalue weighted by Gasteiger charge is -2.44. The number of rotatable bonds is 4. The van der Waals surface area contributed by atoms with Gasteiger partial charge in [0.2, 0.25) is 0 Å². The van der Waals surface area contributed by atoms with Crippen LogP contribution in [0, 0.1) is 5.41 Å². The molecule has 6 heteroatoms. The molecule has 0 radical (unpaired) electrons. The average Bonchev–Trinajstić information content (AvgIpc) is 2.26. The lowest BCUT2D eigenvalue weighted by molar-refractivity contribution is -0.148. The predicted molar refractivity (Wildman–Crippen MR) is 77.5 cm³/mol. The van der Waals surface area contributed by atoms with Gasteiger partial charge in [0.25, 0.3) is 0 Å². The SMILES string of the molecule is CSCC(C)NC(=O)N1CCCC(C)(C)C1C(=O)O. The van der Waals surface area contributed by atoms with Crippen molar-refractivity contribution in [3.63, 3.8) is 0 Å². The van der Waals surface area contributed by atoms with E-state index >= 15 is 0 Å². The molecule has 2 unspecified atom stereocenters. The van der Waals surface area contributed by atoms with E-state index in [-0.39, 0.29) is 17.5 Å². The summed E-state index contributed by atoms with van der Waals surface area (Å²) in [5, 5.41) is 12.3. The van der Waals surface area contributed by atoms with Crippen LogP contribution in [0.5, 0.6) is 0 Å². The molecule has 2 N–H and O–H groups in total. The van der Waals surface area contributed by atoms with Crippen LogP contribution in [-0.2, 0) is 4.79 Å². The van der Waals surface area contributed by atoms with Crippen molar-refractivity contribution in [3.8, 4) is 0 Å². The fourth-order valence-corrected chi connectivity index (χ4v) is 3.25. The number of thioether (sulfide) groups is 1. The van der Waals surface area contributed by atoms with Crippen molar-refractivity contribution < 1.29 is 14.7 Å². The number of carboxylic acids is 1. The van der Waals surface area contributed by atoms with Gasteiger partial charge < -0.3 is 15.3 Å². The number of aliphatic carboxylic acids is 1. The van der Waals surface area contributed by atoms with Crippen molar-refractivity contribution >= 4 is 23.8 Å². The van der Waals surface area contributed by atoms with Crippen LogP contribution in [0.3, 0.4) is 0 Å². The van der Waals surface area contributed by atoms with Crippen LogP contribution in [0.2, 0.25) is 0 Å². The van der Waals surface area contributed by atoms with Crippen molar-refractivity contribution in [2.24, 2.45) is 5.41 Å². The molecular formula is C13H24N2O3S. The monoisotopic (exact) mass is 288 g/mol. The van der Waals surface area contributed by atoms with Crippen LogP contribution < -0.4 is 5.32 Å². The van der Waals surface area contributed by atoms with Gasteiger partial charge in [0.15, 0.2) is 0 Å². The molecule has 0 aromatic rings. The highest BCUT2D eigenvalue weighted by Crippen LogP contribution is 2.35. The highest BCUT2D eigenvalue weighted by Gasteiger charge is 2.44. The Bertz CT molecular complexity index is 347. The zero-order chi connectivity index (χ0) is 14.6. The third kappa shape index (κ3) is 4.03. The molecule has 1 heterocycles. The summed E-state index contributed by atoms with van der Waals surface area (Å²) in [6.07, 6.45) is 3.65. The van der Waals surface area contributed by atoms with Crippen molar-refractivity contribution in [3.05, 3.63) is 0 Å². The van der Waals surface area contributed by atoms with Crippen LogP contribution in [-0.4, -0.2) is 52.6 Å². The first kappa shape index (κ1) is 16.1. The minimum atomic E-state index is -0.919. The number of piperidine rings is 1. The second kappa shape index (κ2) is 6.50. The van der Waals surface area contributed by atoms with Crippen molar-refractivity contribution in [1.82, 2.24) is 10.2 Å². The lowest BCUT2D eigenvalue weighted by Crippen LogP contribution is -2.59. The number of nitrogens with one attached hydrogen (secondary N) is 1. The molecule has 1 fully saturated rings. The molecule has 0 aliphatic carbocycles. The summed E-state index contributed by atoms with van der Waals surface area (Å²) < 4.78 is 0. The number of amides is 2. The van der Waals surface area contributed by atoms with Gasteiger partial charge in [-0.05, 0) is 31.4 Å². The van der Waals surface area contributed by atoms with Gasteiger partial charge in [0.05, 0.1) is 0 Å². The third-order valence-electron chi connectivity index (χ3n) is 3.55. The Morgan fingerprint density at radius 3 is 2.68 bits per heavy atom. The standard InChI is InChI=1S/C13H24N2O3S/c1-9(8-19-4)14-12(18)15-7-5-6-13(2,3)10(15)11(16)17/h9-10H,5-8H2,1-4H3,(H,14,18)(H,16,17). The van der Waals surface area contributed by atoms with E-state index in [9.17, 15) is 14.7 Å². The molecule has 0 spiro atoms. The first-order valence-corrected chi connectivity index (χ1v) is 7.98. The van der Waals surface area contributed by atoms with E-state index in [1.54, 1.807) is 11.8 Å². The maximum Gasteiger partial charge on any atom is 0.327 e. The van der Waals surface area contributed by atoms with Gasteiger partial charge in [-0.15, -0.1) is 0 Å². The Kier molecular flexibility index (Phi) is 5.52. The van der Waals surface area contributed by atoms with E-state index in [1.807, 2.05) is 27.0 Å². The van der Waals surface area contributed by atoms with E-state index in [4.69, 9.17) is 0 Å². The minimum Gasteiger partial charge on any atom is -0.480 e. The fraction of sp³-hybridized carbons (Fsp3) is 0.846. The van der Waals surface area contributed by atoms with Crippen molar-refractivity contribution in [2.45, 2.75) is 45.7 Å². The van der Waals surface area contributed by atoms with Gasteiger partial charge in [-0.1, -0.05) is 13.8 Å². The third-order valence-corrected chi connectivity index (χ3v) is 4.39. The van der Waals surface area contributed by atoms with E-state index in [2.05, 4.69) is 5.32 Å². The maximum absolute atomic E-state index is 12.2. The molecule has 0 aromatic heterocycles. The lowest BCUT2D eigenvalue weighted by atomic mass is 9.76. The Labute approximate surface area is 119 Å². The molecule has 1 aliphatic heterocycles. The molecule has 0 aromatic carbocycles. The van der Waals surface area contributed by atoms with Crippen LogP contribution >= 0.6 is 11.8 Å². The van der Waals surface area contributed by atoms with Gasteiger partial charge in [-0.2, -0.15) is 11.8 Å². The van der Waals surface area contributed by atoms with Gasteiger partial charge in [0.1, 0.15) is 6.04 Å². The normalized spacial score (nSPS) is 23.8. The summed E-state index contributed by atoms with van der Waals surface area (Å²) in [4.78, 5) is 25.2. The zero-order valence-electron chi connectivity index (χ0n) is 12.1. The van der Waals surface area contributed by atoms with E-state index < -0.39 is 12.0 Å². The molecular weight excluding hydrogens is 264 g/mol. The van der Waals surface area contributed by atoms with Crippen LogP contribution in [0.15, 0.2) is 0 Å². The smallest absolute Gasteiger partial charge is 0.327 e. The molecule has 0 bridgehead atoms. The number of carbonyl (C=O) groups excluding carboxylic acids is 1. The highest BCUT2D eigenvalue weighted by molar-refractivity contribution is 7.98. The van der Waals surface area contributed by atoms with Crippen LogP contribution in [0.25, 0.3) is 0 Å². The summed E-state index contributed by atoms with van der Waals surface area (Å²) in [6.45, 7) is 6.27. The summed E-state index contributed by atoms with van der Waals surface area (Å²) in [5.74, 6) is -0.0990. The Morgan fingerprint density at radius 2 is 2.16 bits per heavy atom. The van der Waals surface area contributed by atoms with E-state index in [0.717, 1.165) is 18.6 Å². The molecule has 110 valence electrons. The number of carboxylic acid groups (broad SMARTS) is 1. The molecule has 1 rings (SSSR count). The molecule has 2 atom stereocenters. The molecule has 19 heavy (non-hydrogen) atoms. The van der Waals surface area contributed by atoms with Gasteiger partial charge >= 0.3 is 12.0 Å². The Balaban J connectivity index is 2.78. The molecule has 1 aliphatic rings. The zero-order valence-corrected chi connectivity index (χ0v) is 12.9. The second-order valence-electron chi connectivity index (χ2n) is 5.83. The van der Waals surface area contributed by atoms with E-state index in [0.29, 0.717) is 6.54 Å². The first-order chi connectivity index (χ1) is 8.79. The maximum atomic E-state index is 12.2. The molecule has 1 saturated heterocycles. The number of hydrogen-bond donors (Lipinski definition) is 2. The van der Waals surface area contributed by atoms with Crippen molar-refractivity contribution in [2.75, 3.05) is 18.6 Å². The minimum absolute atomic E-state index is 0.0435. The number of carbonyl (C=O) groups is 2. The second-order valence-corrected chi connectivity index (χ2v) is 6.74. The number of nitrogens with zero attached hydrogens (tertiary/aromatic N) is 1.